The summed E-state index contributed by atoms with van der Waals surface area (Å²) in [6.07, 6.45) is 0.708. The van der Waals surface area contributed by atoms with Crippen LogP contribution in [0.2, 0.25) is 0 Å². The maximum atomic E-state index is 12.0. The molecule has 2 rings (SSSR count). The van der Waals surface area contributed by atoms with E-state index in [0.29, 0.717) is 38.2 Å². The first kappa shape index (κ1) is 16.9. The van der Waals surface area contributed by atoms with Crippen molar-refractivity contribution >= 4 is 12.1 Å². The van der Waals surface area contributed by atoms with Gasteiger partial charge in [0.2, 0.25) is 0 Å². The molecule has 1 atom stereocenters. The molecule has 0 aromatic rings. The van der Waals surface area contributed by atoms with Crippen molar-refractivity contribution in [1.29, 1.82) is 0 Å². The van der Waals surface area contributed by atoms with Crippen LogP contribution in [-0.4, -0.2) is 73.4 Å². The van der Waals surface area contributed by atoms with Crippen LogP contribution in [0.15, 0.2) is 4.99 Å². The molecule has 2 saturated heterocycles. The zero-order valence-electron chi connectivity index (χ0n) is 13.9. The number of carbonyl (C=O) groups is 1. The molecule has 1 amide bonds. The topological polar surface area (TPSA) is 80.4 Å². The second-order valence-corrected chi connectivity index (χ2v) is 6.88. The summed E-state index contributed by atoms with van der Waals surface area (Å²) in [6.45, 7) is 10.7. The lowest BCUT2D eigenvalue weighted by atomic mass is 10.1. The number of nitrogens with two attached hydrogens (primary N) is 1. The van der Waals surface area contributed by atoms with Crippen molar-refractivity contribution in [3.05, 3.63) is 0 Å². The summed E-state index contributed by atoms with van der Waals surface area (Å²) in [6, 6.07) is 0. The summed E-state index contributed by atoms with van der Waals surface area (Å²) in [5, 5.41) is 0. The van der Waals surface area contributed by atoms with Crippen LogP contribution in [0.25, 0.3) is 0 Å². The number of aliphatic imine (C=N–C) groups is 1. The van der Waals surface area contributed by atoms with Crippen molar-refractivity contribution in [2.45, 2.75) is 32.8 Å². The number of nitrogens with zero attached hydrogens (tertiary/aromatic N) is 3. The molecule has 2 heterocycles. The highest BCUT2D eigenvalue weighted by atomic mass is 16.6. The molecule has 0 saturated carbocycles. The zero-order chi connectivity index (χ0) is 16.2. The van der Waals surface area contributed by atoms with E-state index >= 15 is 0 Å². The minimum absolute atomic E-state index is 0.236. The fourth-order valence-electron chi connectivity index (χ4n) is 2.59. The predicted octanol–water partition coefficient (Wildman–Crippen LogP) is 0.890. The first-order valence-corrected chi connectivity index (χ1v) is 7.96. The monoisotopic (exact) mass is 312 g/mol. The summed E-state index contributed by atoms with van der Waals surface area (Å²) in [4.78, 5) is 20.3. The molecule has 0 bridgehead atoms. The Hall–Kier alpha value is -1.50. The van der Waals surface area contributed by atoms with Crippen LogP contribution in [0.3, 0.4) is 0 Å². The molecule has 0 aromatic carbocycles. The van der Waals surface area contributed by atoms with Crippen molar-refractivity contribution in [2.75, 3.05) is 45.9 Å². The number of carbonyl (C=O) groups excluding carboxylic acids is 1. The minimum Gasteiger partial charge on any atom is -0.444 e. The van der Waals surface area contributed by atoms with E-state index in [-0.39, 0.29) is 6.09 Å². The fraction of sp³-hybridized carbons (Fsp3) is 0.867. The van der Waals surface area contributed by atoms with Crippen LogP contribution < -0.4 is 5.73 Å². The van der Waals surface area contributed by atoms with Gasteiger partial charge in [0, 0.05) is 32.7 Å². The second kappa shape index (κ2) is 7.17. The molecule has 0 aliphatic carbocycles. The maximum Gasteiger partial charge on any atom is 0.410 e. The lowest BCUT2D eigenvalue weighted by Crippen LogP contribution is -2.45. The number of hydrogen-bond acceptors (Lipinski definition) is 4. The molecule has 2 aliphatic rings. The highest BCUT2D eigenvalue weighted by Gasteiger charge is 2.29. The average molecular weight is 312 g/mol. The number of rotatable bonds is 2. The first-order valence-electron chi connectivity index (χ1n) is 7.96. The van der Waals surface area contributed by atoms with E-state index in [9.17, 15) is 4.79 Å². The van der Waals surface area contributed by atoms with Gasteiger partial charge in [-0.1, -0.05) is 0 Å². The van der Waals surface area contributed by atoms with Gasteiger partial charge in [0.05, 0.1) is 13.2 Å². The number of guanidine groups is 1. The van der Waals surface area contributed by atoms with Crippen molar-refractivity contribution in [3.63, 3.8) is 0 Å². The van der Waals surface area contributed by atoms with E-state index in [1.165, 1.54) is 0 Å². The van der Waals surface area contributed by atoms with Crippen LogP contribution in [-0.2, 0) is 9.47 Å². The molecule has 0 radical (unpaired) electrons. The largest absolute Gasteiger partial charge is 0.444 e. The zero-order valence-corrected chi connectivity index (χ0v) is 13.9. The molecule has 7 nitrogen and oxygen atoms in total. The van der Waals surface area contributed by atoms with Crippen LogP contribution in [0.5, 0.6) is 0 Å². The lowest BCUT2D eigenvalue weighted by Gasteiger charge is -2.27. The Kier molecular flexibility index (Phi) is 5.50. The Morgan fingerprint density at radius 3 is 2.59 bits per heavy atom. The maximum absolute atomic E-state index is 12.0. The lowest BCUT2D eigenvalue weighted by molar-refractivity contribution is 0.0289. The number of likely N-dealkylation sites (tertiary alicyclic amines) is 1. The van der Waals surface area contributed by atoms with E-state index in [1.54, 1.807) is 4.90 Å². The number of morpholine rings is 1. The van der Waals surface area contributed by atoms with Crippen LogP contribution in [0, 0.1) is 5.92 Å². The van der Waals surface area contributed by atoms with Gasteiger partial charge in [-0.15, -0.1) is 0 Å². The molecule has 0 spiro atoms. The van der Waals surface area contributed by atoms with Gasteiger partial charge in [0.15, 0.2) is 5.96 Å². The molecule has 22 heavy (non-hydrogen) atoms. The summed E-state index contributed by atoms with van der Waals surface area (Å²) in [5.41, 5.74) is 5.57. The van der Waals surface area contributed by atoms with E-state index in [0.717, 1.165) is 26.1 Å². The summed E-state index contributed by atoms with van der Waals surface area (Å²) in [7, 11) is 0. The molecule has 2 N–H and O–H groups in total. The first-order chi connectivity index (χ1) is 10.3. The summed E-state index contributed by atoms with van der Waals surface area (Å²) < 4.78 is 10.7. The van der Waals surface area contributed by atoms with E-state index in [1.807, 2.05) is 25.7 Å². The molecule has 1 unspecified atom stereocenters. The highest BCUT2D eigenvalue weighted by molar-refractivity contribution is 5.78. The molecular formula is C15H28N4O3. The van der Waals surface area contributed by atoms with Gasteiger partial charge in [-0.3, -0.25) is 4.99 Å². The number of hydrogen-bond donors (Lipinski definition) is 1. The van der Waals surface area contributed by atoms with Crippen molar-refractivity contribution in [1.82, 2.24) is 9.80 Å². The Morgan fingerprint density at radius 1 is 1.27 bits per heavy atom. The van der Waals surface area contributed by atoms with Crippen molar-refractivity contribution < 1.29 is 14.3 Å². The summed E-state index contributed by atoms with van der Waals surface area (Å²) in [5.74, 6) is 0.936. The van der Waals surface area contributed by atoms with Gasteiger partial charge >= 0.3 is 6.09 Å². The van der Waals surface area contributed by atoms with E-state index in [4.69, 9.17) is 15.2 Å². The Morgan fingerprint density at radius 2 is 1.95 bits per heavy atom. The Bertz CT molecular complexity index is 414. The molecule has 2 aliphatic heterocycles. The quantitative estimate of drug-likeness (QED) is 0.605. The standard InChI is InChI=1S/C15H28N4O3/c1-15(2,3)22-14(20)19-5-4-12(11-19)10-17-13(16)18-6-8-21-9-7-18/h12H,4-11H2,1-3H3,(H2,16,17). The third-order valence-electron chi connectivity index (χ3n) is 3.78. The highest BCUT2D eigenvalue weighted by Crippen LogP contribution is 2.19. The van der Waals surface area contributed by atoms with Gasteiger partial charge in [-0.2, -0.15) is 0 Å². The number of amides is 1. The SMILES string of the molecule is CC(C)(C)OC(=O)N1CCC(CN=C(N)N2CCOCC2)C1. The van der Waals surface area contributed by atoms with Crippen LogP contribution >= 0.6 is 0 Å². The van der Waals surface area contributed by atoms with E-state index < -0.39 is 5.60 Å². The molecule has 126 valence electrons. The van der Waals surface area contributed by atoms with Gasteiger partial charge in [-0.05, 0) is 33.1 Å². The smallest absolute Gasteiger partial charge is 0.410 e. The van der Waals surface area contributed by atoms with Gasteiger partial charge in [0.1, 0.15) is 5.60 Å². The molecule has 2 fully saturated rings. The van der Waals surface area contributed by atoms with Gasteiger partial charge in [-0.25, -0.2) is 4.79 Å². The predicted molar refractivity (Wildman–Crippen MR) is 84.8 cm³/mol. The molecule has 7 heteroatoms. The summed E-state index contributed by atoms with van der Waals surface area (Å²) >= 11 is 0. The van der Waals surface area contributed by atoms with Gasteiger partial charge < -0.3 is 25.0 Å². The molecule has 0 aromatic heterocycles. The van der Waals surface area contributed by atoms with Crippen molar-refractivity contribution in [3.8, 4) is 0 Å². The van der Waals surface area contributed by atoms with Crippen LogP contribution in [0.1, 0.15) is 27.2 Å². The third kappa shape index (κ3) is 5.05. The average Bonchev–Trinajstić information content (AvgIpc) is 2.93. The second-order valence-electron chi connectivity index (χ2n) is 6.88. The normalized spacial score (nSPS) is 23.8. The van der Waals surface area contributed by atoms with Crippen LogP contribution in [0.4, 0.5) is 4.79 Å². The fourth-order valence-corrected chi connectivity index (χ4v) is 2.59. The third-order valence-corrected chi connectivity index (χ3v) is 3.78. The minimum atomic E-state index is -0.450. The number of ether oxygens (including phenoxy) is 2. The van der Waals surface area contributed by atoms with E-state index in [2.05, 4.69) is 4.99 Å². The Balaban J connectivity index is 1.77. The van der Waals surface area contributed by atoms with Crippen molar-refractivity contribution in [2.24, 2.45) is 16.6 Å². The molecular weight excluding hydrogens is 284 g/mol. The Labute approximate surface area is 132 Å². The van der Waals surface area contributed by atoms with Gasteiger partial charge in [0.25, 0.3) is 0 Å².